The zero-order valence-electron chi connectivity index (χ0n) is 17.8. The first-order valence-electron chi connectivity index (χ1n) is 9.84. The molecule has 156 valence electrons. The quantitative estimate of drug-likeness (QED) is 0.414. The van der Waals surface area contributed by atoms with E-state index >= 15 is 0 Å². The van der Waals surface area contributed by atoms with Crippen molar-refractivity contribution in [3.8, 4) is 17.6 Å². The van der Waals surface area contributed by atoms with Crippen LogP contribution in [0.5, 0.6) is 11.5 Å². The van der Waals surface area contributed by atoms with Gasteiger partial charge >= 0.3 is 0 Å². The van der Waals surface area contributed by atoms with Crippen LogP contribution in [-0.4, -0.2) is 13.0 Å². The third-order valence-corrected chi connectivity index (χ3v) is 4.71. The van der Waals surface area contributed by atoms with Gasteiger partial charge in [-0.3, -0.25) is 4.79 Å². The average molecular weight is 412 g/mol. The molecule has 1 N–H and O–H groups in total. The molecule has 0 fully saturated rings. The van der Waals surface area contributed by atoms with E-state index < -0.39 is 5.91 Å². The lowest BCUT2D eigenvalue weighted by Crippen LogP contribution is -2.13. The lowest BCUT2D eigenvalue weighted by Gasteiger charge is -2.12. The summed E-state index contributed by atoms with van der Waals surface area (Å²) in [6, 6.07) is 22.7. The predicted molar refractivity (Wildman–Crippen MR) is 122 cm³/mol. The topological polar surface area (TPSA) is 71.3 Å². The largest absolute Gasteiger partial charge is 0.497 e. The number of aryl methyl sites for hydroxylation is 2. The highest BCUT2D eigenvalue weighted by Crippen LogP contribution is 2.28. The Morgan fingerprint density at radius 2 is 1.65 bits per heavy atom. The molecule has 0 spiro atoms. The van der Waals surface area contributed by atoms with Crippen LogP contribution in [0.15, 0.2) is 72.3 Å². The Morgan fingerprint density at radius 1 is 1.00 bits per heavy atom. The van der Waals surface area contributed by atoms with Crippen LogP contribution in [0.4, 0.5) is 5.69 Å². The molecule has 0 heterocycles. The van der Waals surface area contributed by atoms with Crippen molar-refractivity contribution in [2.45, 2.75) is 20.5 Å². The maximum atomic E-state index is 12.6. The van der Waals surface area contributed by atoms with E-state index in [9.17, 15) is 10.1 Å². The second-order valence-electron chi connectivity index (χ2n) is 7.17. The normalized spacial score (nSPS) is 10.8. The number of methoxy groups -OCH3 is 1. The number of hydrogen-bond acceptors (Lipinski definition) is 4. The standard InChI is InChI=1S/C26H24N2O3/c1-18-4-8-20(9-5-18)17-31-25-15-24(30-3)13-10-21(25)14-22(16-27)26(29)28-23-11-6-19(2)7-12-23/h4-15H,17H2,1-3H3,(H,28,29)/b22-14+. The number of nitrogens with zero attached hydrogens (tertiary/aromatic N) is 1. The first kappa shape index (κ1) is 21.7. The van der Waals surface area contributed by atoms with Gasteiger partial charge in [0.15, 0.2) is 0 Å². The summed E-state index contributed by atoms with van der Waals surface area (Å²) < 4.78 is 11.3. The maximum Gasteiger partial charge on any atom is 0.266 e. The number of nitrogens with one attached hydrogen (secondary N) is 1. The molecule has 5 nitrogen and oxygen atoms in total. The minimum absolute atomic E-state index is 0.0223. The number of benzene rings is 3. The van der Waals surface area contributed by atoms with Crippen LogP contribution in [0.1, 0.15) is 22.3 Å². The van der Waals surface area contributed by atoms with E-state index in [4.69, 9.17) is 9.47 Å². The SMILES string of the molecule is COc1ccc(/C=C(\C#N)C(=O)Nc2ccc(C)cc2)c(OCc2ccc(C)cc2)c1. The molecule has 0 bridgehead atoms. The summed E-state index contributed by atoms with van der Waals surface area (Å²) in [7, 11) is 1.57. The van der Waals surface area contributed by atoms with Crippen LogP contribution in [0.2, 0.25) is 0 Å². The van der Waals surface area contributed by atoms with Crippen molar-refractivity contribution in [2.24, 2.45) is 0 Å². The van der Waals surface area contributed by atoms with Gasteiger partial charge in [0.1, 0.15) is 29.7 Å². The molecular weight excluding hydrogens is 388 g/mol. The number of rotatable bonds is 7. The van der Waals surface area contributed by atoms with Crippen molar-refractivity contribution in [1.29, 1.82) is 5.26 Å². The third-order valence-electron chi connectivity index (χ3n) is 4.71. The van der Waals surface area contributed by atoms with Gasteiger partial charge in [-0.2, -0.15) is 5.26 Å². The number of hydrogen-bond donors (Lipinski definition) is 1. The fourth-order valence-corrected chi connectivity index (χ4v) is 2.87. The number of amides is 1. The minimum atomic E-state index is -0.480. The van der Waals surface area contributed by atoms with Gasteiger partial charge in [0.2, 0.25) is 0 Å². The number of carbonyl (C=O) groups is 1. The van der Waals surface area contributed by atoms with Gasteiger partial charge in [0.25, 0.3) is 5.91 Å². The van der Waals surface area contributed by atoms with Gasteiger partial charge in [0.05, 0.1) is 7.11 Å². The zero-order chi connectivity index (χ0) is 22.2. The van der Waals surface area contributed by atoms with Crippen molar-refractivity contribution in [1.82, 2.24) is 0 Å². The van der Waals surface area contributed by atoms with Gasteiger partial charge in [-0.15, -0.1) is 0 Å². The average Bonchev–Trinajstić information content (AvgIpc) is 2.79. The van der Waals surface area contributed by atoms with Crippen LogP contribution in [-0.2, 0) is 11.4 Å². The summed E-state index contributed by atoms with van der Waals surface area (Å²) in [5, 5.41) is 12.3. The monoisotopic (exact) mass is 412 g/mol. The second-order valence-corrected chi connectivity index (χ2v) is 7.17. The van der Waals surface area contributed by atoms with E-state index in [2.05, 4.69) is 5.32 Å². The molecule has 0 radical (unpaired) electrons. The van der Waals surface area contributed by atoms with Gasteiger partial charge in [-0.25, -0.2) is 0 Å². The van der Waals surface area contributed by atoms with Crippen LogP contribution < -0.4 is 14.8 Å². The molecule has 0 aromatic heterocycles. The molecule has 5 heteroatoms. The fraction of sp³-hybridized carbons (Fsp3) is 0.154. The summed E-state index contributed by atoms with van der Waals surface area (Å²) in [5.41, 5.74) is 4.49. The van der Waals surface area contributed by atoms with Crippen molar-refractivity contribution < 1.29 is 14.3 Å². The van der Waals surface area contributed by atoms with E-state index in [0.29, 0.717) is 29.4 Å². The van der Waals surface area contributed by atoms with E-state index in [1.807, 2.05) is 56.3 Å². The van der Waals surface area contributed by atoms with Crippen molar-refractivity contribution in [3.05, 3.63) is 94.6 Å². The molecule has 31 heavy (non-hydrogen) atoms. The first-order valence-corrected chi connectivity index (χ1v) is 9.84. The number of carbonyl (C=O) groups excluding carboxylic acids is 1. The number of nitriles is 1. The molecule has 0 unspecified atom stereocenters. The van der Waals surface area contributed by atoms with E-state index in [-0.39, 0.29) is 5.57 Å². The molecule has 0 aliphatic carbocycles. The summed E-state index contributed by atoms with van der Waals surface area (Å²) in [4.78, 5) is 12.6. The molecule has 0 saturated heterocycles. The molecule has 1 amide bonds. The van der Waals surface area contributed by atoms with Crippen LogP contribution in [0, 0.1) is 25.2 Å². The molecule has 0 saturated carbocycles. The third kappa shape index (κ3) is 5.97. The Morgan fingerprint density at radius 3 is 2.26 bits per heavy atom. The minimum Gasteiger partial charge on any atom is -0.497 e. The van der Waals surface area contributed by atoms with Crippen molar-refractivity contribution in [3.63, 3.8) is 0 Å². The Balaban J connectivity index is 1.83. The Labute approximate surface area is 182 Å². The van der Waals surface area contributed by atoms with Crippen LogP contribution in [0.3, 0.4) is 0 Å². The Hall–Kier alpha value is -4.04. The first-order chi connectivity index (χ1) is 15.0. The van der Waals surface area contributed by atoms with Gasteiger partial charge in [-0.1, -0.05) is 47.5 Å². The molecule has 3 aromatic rings. The molecule has 0 aliphatic rings. The molecule has 3 aromatic carbocycles. The summed E-state index contributed by atoms with van der Waals surface area (Å²) >= 11 is 0. The van der Waals surface area contributed by atoms with Gasteiger partial charge in [-0.05, 0) is 49.8 Å². The summed E-state index contributed by atoms with van der Waals surface area (Å²) in [6.07, 6.45) is 1.52. The molecule has 3 rings (SSSR count). The fourth-order valence-electron chi connectivity index (χ4n) is 2.87. The molecule has 0 aliphatic heterocycles. The molecular formula is C26H24N2O3. The Kier molecular flexibility index (Phi) is 7.08. The molecule has 0 atom stereocenters. The van der Waals surface area contributed by atoms with E-state index in [1.54, 1.807) is 37.4 Å². The number of anilines is 1. The highest BCUT2D eigenvalue weighted by atomic mass is 16.5. The smallest absolute Gasteiger partial charge is 0.266 e. The van der Waals surface area contributed by atoms with Gasteiger partial charge < -0.3 is 14.8 Å². The zero-order valence-corrected chi connectivity index (χ0v) is 17.8. The second kappa shape index (κ2) is 10.1. The Bertz CT molecular complexity index is 1120. The van der Waals surface area contributed by atoms with Crippen LogP contribution >= 0.6 is 0 Å². The maximum absolute atomic E-state index is 12.6. The van der Waals surface area contributed by atoms with Crippen molar-refractivity contribution in [2.75, 3.05) is 12.4 Å². The summed E-state index contributed by atoms with van der Waals surface area (Å²) in [5.74, 6) is 0.668. The highest BCUT2D eigenvalue weighted by molar-refractivity contribution is 6.09. The predicted octanol–water partition coefficient (Wildman–Crippen LogP) is 5.44. The number of ether oxygens (including phenoxy) is 2. The highest BCUT2D eigenvalue weighted by Gasteiger charge is 2.12. The van der Waals surface area contributed by atoms with E-state index in [1.165, 1.54) is 11.6 Å². The summed E-state index contributed by atoms with van der Waals surface area (Å²) in [6.45, 7) is 4.35. The van der Waals surface area contributed by atoms with Crippen molar-refractivity contribution >= 4 is 17.7 Å². The van der Waals surface area contributed by atoms with Gasteiger partial charge in [0, 0.05) is 17.3 Å². The lowest BCUT2D eigenvalue weighted by molar-refractivity contribution is -0.112. The lowest BCUT2D eigenvalue weighted by atomic mass is 10.1. The van der Waals surface area contributed by atoms with E-state index in [0.717, 1.165) is 11.1 Å². The van der Waals surface area contributed by atoms with Crippen LogP contribution in [0.25, 0.3) is 6.08 Å².